The third kappa shape index (κ3) is 2.86. The van der Waals surface area contributed by atoms with Gasteiger partial charge in [0.05, 0.1) is 5.70 Å². The highest BCUT2D eigenvalue weighted by Gasteiger charge is 1.98. The van der Waals surface area contributed by atoms with Gasteiger partial charge in [0.25, 0.3) is 0 Å². The fraction of sp³-hybridized carbons (Fsp3) is 0.333. The Balaban J connectivity index is 4.25. The number of hydrogen-bond donors (Lipinski definition) is 2. The third-order valence-electron chi connectivity index (χ3n) is 0.853. The molecule has 0 spiro atoms. The quantitative estimate of drug-likeness (QED) is 0.403. The largest absolute Gasteiger partial charge is 0.400 e. The van der Waals surface area contributed by atoms with Crippen LogP contribution in [-0.4, -0.2) is 12.2 Å². The lowest BCUT2D eigenvalue weighted by Gasteiger charge is -2.00. The number of amides is 1. The summed E-state index contributed by atoms with van der Waals surface area (Å²) in [5, 5.41) is 2.28. The van der Waals surface area contributed by atoms with Crippen LogP contribution in [0, 0.1) is 0 Å². The second-order valence-electron chi connectivity index (χ2n) is 1.90. The summed E-state index contributed by atoms with van der Waals surface area (Å²) in [5.41, 5.74) is 5.67. The normalized spacial score (nSPS) is 11.8. The van der Waals surface area contributed by atoms with Gasteiger partial charge in [-0.05, 0) is 6.92 Å². The van der Waals surface area contributed by atoms with Crippen molar-refractivity contribution >= 4 is 12.2 Å². The lowest BCUT2D eigenvalue weighted by atomic mass is 10.4. The van der Waals surface area contributed by atoms with E-state index >= 15 is 0 Å². The Morgan fingerprint density at radius 3 is 2.10 bits per heavy atom. The first-order valence-corrected chi connectivity index (χ1v) is 2.77. The average Bonchev–Trinajstić information content (AvgIpc) is 1.81. The molecule has 10 heavy (non-hydrogen) atoms. The molecule has 0 saturated carbocycles. The molecule has 0 aromatic rings. The van der Waals surface area contributed by atoms with Crippen molar-refractivity contribution in [1.29, 1.82) is 0 Å². The van der Waals surface area contributed by atoms with E-state index in [1.807, 2.05) is 0 Å². The maximum atomic E-state index is 10.4. The fourth-order valence-electron chi connectivity index (χ4n) is 0.411. The molecule has 4 nitrogen and oxygen atoms in total. The van der Waals surface area contributed by atoms with Gasteiger partial charge in [0.1, 0.15) is 0 Å². The molecule has 0 heterocycles. The maximum Gasteiger partial charge on any atom is 0.221 e. The summed E-state index contributed by atoms with van der Waals surface area (Å²) >= 11 is 0. The number of rotatable bonds is 2. The van der Waals surface area contributed by atoms with Gasteiger partial charge in [0.2, 0.25) is 5.91 Å². The molecule has 0 fully saturated rings. The molecule has 0 atom stereocenters. The van der Waals surface area contributed by atoms with Gasteiger partial charge in [0, 0.05) is 12.6 Å². The van der Waals surface area contributed by atoms with E-state index in [4.69, 9.17) is 5.73 Å². The van der Waals surface area contributed by atoms with Crippen LogP contribution in [0.5, 0.6) is 0 Å². The molecule has 0 aliphatic carbocycles. The zero-order valence-corrected chi connectivity index (χ0v) is 5.97. The predicted molar refractivity (Wildman–Crippen MR) is 36.8 cm³/mol. The monoisotopic (exact) mass is 142 g/mol. The molecular formula is C6H10N2O2. The number of nitrogens with two attached hydrogens (primary N) is 1. The Bertz CT molecular complexity index is 180. The van der Waals surface area contributed by atoms with Gasteiger partial charge in [-0.3, -0.25) is 9.59 Å². The van der Waals surface area contributed by atoms with E-state index < -0.39 is 0 Å². The predicted octanol–water partition coefficient (Wildman–Crippen LogP) is -0.488. The van der Waals surface area contributed by atoms with Crippen molar-refractivity contribution in [3.63, 3.8) is 0 Å². The molecule has 0 bridgehead atoms. The zero-order chi connectivity index (χ0) is 8.15. The van der Waals surface area contributed by atoms with E-state index in [1.165, 1.54) is 6.92 Å². The average molecular weight is 142 g/mol. The number of allylic oxidation sites excluding steroid dienone is 2. The zero-order valence-electron chi connectivity index (χ0n) is 5.97. The van der Waals surface area contributed by atoms with E-state index in [-0.39, 0.29) is 11.6 Å². The minimum absolute atomic E-state index is 0.132. The van der Waals surface area contributed by atoms with Crippen LogP contribution in [0.1, 0.15) is 13.8 Å². The lowest BCUT2D eigenvalue weighted by Crippen LogP contribution is -2.23. The fourth-order valence-corrected chi connectivity index (χ4v) is 0.411. The molecule has 0 aliphatic rings. The van der Waals surface area contributed by atoms with Gasteiger partial charge in [-0.25, -0.2) is 0 Å². The summed E-state index contributed by atoms with van der Waals surface area (Å²) in [6.07, 6.45) is 0.511. The number of carbonyl (C=O) groups is 2. The summed E-state index contributed by atoms with van der Waals surface area (Å²) in [4.78, 5) is 20.5. The summed E-state index contributed by atoms with van der Waals surface area (Å²) in [6.45, 7) is 2.85. The van der Waals surface area contributed by atoms with Crippen LogP contribution in [0.25, 0.3) is 0 Å². The number of hydrogen-bond acceptors (Lipinski definition) is 3. The number of carbonyl (C=O) groups excluding carboxylic acids is 2. The molecule has 0 aliphatic heterocycles. The first-order chi connectivity index (χ1) is 4.57. The van der Waals surface area contributed by atoms with Gasteiger partial charge < -0.3 is 11.1 Å². The van der Waals surface area contributed by atoms with Crippen LogP contribution in [0.15, 0.2) is 11.4 Å². The Hall–Kier alpha value is -1.32. The molecule has 56 valence electrons. The van der Waals surface area contributed by atoms with E-state index in [9.17, 15) is 9.59 Å². The van der Waals surface area contributed by atoms with Gasteiger partial charge >= 0.3 is 0 Å². The van der Waals surface area contributed by atoms with Crippen molar-refractivity contribution in [2.24, 2.45) is 5.73 Å². The Morgan fingerprint density at radius 1 is 1.50 bits per heavy atom. The highest BCUT2D eigenvalue weighted by atomic mass is 16.2. The first kappa shape index (κ1) is 8.68. The van der Waals surface area contributed by atoms with Crippen molar-refractivity contribution in [2.75, 3.05) is 0 Å². The molecule has 0 rings (SSSR count). The van der Waals surface area contributed by atoms with Crippen LogP contribution in [-0.2, 0) is 9.59 Å². The lowest BCUT2D eigenvalue weighted by molar-refractivity contribution is -0.119. The molecule has 0 aromatic carbocycles. The Labute approximate surface area is 59.1 Å². The molecule has 0 aromatic heterocycles. The standard InChI is InChI=1S/C6H10N2O2/c1-4(7)6(3-9)8-5(2)10/h3H,7H2,1-2H3,(H,8,10)/b6-4+. The SMILES string of the molecule is CC(=O)N/C(C=O)=C(\C)N. The van der Waals surface area contributed by atoms with E-state index in [0.29, 0.717) is 12.0 Å². The molecule has 4 heteroatoms. The first-order valence-electron chi connectivity index (χ1n) is 2.77. The second-order valence-corrected chi connectivity index (χ2v) is 1.90. The minimum Gasteiger partial charge on any atom is -0.400 e. The highest BCUT2D eigenvalue weighted by Crippen LogP contribution is 1.87. The summed E-state index contributed by atoms with van der Waals surface area (Å²) < 4.78 is 0. The molecule has 0 radical (unpaired) electrons. The van der Waals surface area contributed by atoms with Gasteiger partial charge in [-0.1, -0.05) is 0 Å². The van der Waals surface area contributed by atoms with Crippen molar-refractivity contribution < 1.29 is 9.59 Å². The summed E-state index contributed by atoms with van der Waals surface area (Å²) in [6, 6.07) is 0. The number of aldehydes is 1. The molecule has 1 amide bonds. The highest BCUT2D eigenvalue weighted by molar-refractivity contribution is 5.84. The van der Waals surface area contributed by atoms with Crippen molar-refractivity contribution in [3.8, 4) is 0 Å². The van der Waals surface area contributed by atoms with Crippen LogP contribution in [0.4, 0.5) is 0 Å². The van der Waals surface area contributed by atoms with Crippen LogP contribution in [0.3, 0.4) is 0 Å². The maximum absolute atomic E-state index is 10.4. The van der Waals surface area contributed by atoms with Crippen molar-refractivity contribution in [1.82, 2.24) is 5.32 Å². The van der Waals surface area contributed by atoms with Gasteiger partial charge in [-0.15, -0.1) is 0 Å². The van der Waals surface area contributed by atoms with Crippen molar-refractivity contribution in [2.45, 2.75) is 13.8 Å². The second kappa shape index (κ2) is 3.66. The minimum atomic E-state index is -0.299. The third-order valence-corrected chi connectivity index (χ3v) is 0.853. The molecular weight excluding hydrogens is 132 g/mol. The van der Waals surface area contributed by atoms with Crippen LogP contribution in [0.2, 0.25) is 0 Å². The Morgan fingerprint density at radius 2 is 2.00 bits per heavy atom. The topological polar surface area (TPSA) is 72.2 Å². The molecule has 0 unspecified atom stereocenters. The van der Waals surface area contributed by atoms with Gasteiger partial charge in [-0.2, -0.15) is 0 Å². The summed E-state index contributed by atoms with van der Waals surface area (Å²) in [5.74, 6) is -0.299. The van der Waals surface area contributed by atoms with Crippen molar-refractivity contribution in [3.05, 3.63) is 11.4 Å². The molecule has 3 N–H and O–H groups in total. The van der Waals surface area contributed by atoms with Gasteiger partial charge in [0.15, 0.2) is 6.29 Å². The number of nitrogens with one attached hydrogen (secondary N) is 1. The molecule has 0 saturated heterocycles. The summed E-state index contributed by atoms with van der Waals surface area (Å²) in [7, 11) is 0. The Kier molecular flexibility index (Phi) is 3.17. The van der Waals surface area contributed by atoms with E-state index in [2.05, 4.69) is 5.32 Å². The van der Waals surface area contributed by atoms with Crippen LogP contribution < -0.4 is 11.1 Å². The van der Waals surface area contributed by atoms with Crippen LogP contribution >= 0.6 is 0 Å². The van der Waals surface area contributed by atoms with E-state index in [0.717, 1.165) is 0 Å². The smallest absolute Gasteiger partial charge is 0.221 e. The van der Waals surface area contributed by atoms with E-state index in [1.54, 1.807) is 6.92 Å².